The van der Waals surface area contributed by atoms with Gasteiger partial charge in [0.1, 0.15) is 0 Å². The minimum absolute atomic E-state index is 0.301. The number of rotatable bonds is 8. The predicted octanol–water partition coefficient (Wildman–Crippen LogP) is 2.80. The lowest BCUT2D eigenvalue weighted by atomic mass is 9.87. The van der Waals surface area contributed by atoms with E-state index in [4.69, 9.17) is 0 Å². The van der Waals surface area contributed by atoms with Gasteiger partial charge in [0.15, 0.2) is 5.92 Å². The van der Waals surface area contributed by atoms with Gasteiger partial charge in [-0.05, 0) is 24.7 Å². The van der Waals surface area contributed by atoms with Crippen molar-refractivity contribution in [3.63, 3.8) is 0 Å². The molecule has 0 heterocycles. The summed E-state index contributed by atoms with van der Waals surface area (Å²) in [6.07, 6.45) is 3.84. The van der Waals surface area contributed by atoms with E-state index in [9.17, 15) is 9.59 Å². The highest BCUT2D eigenvalue weighted by Gasteiger charge is 2.30. The summed E-state index contributed by atoms with van der Waals surface area (Å²) in [5, 5.41) is 0. The van der Waals surface area contributed by atoms with Gasteiger partial charge in [0, 0.05) is 0 Å². The monoisotopic (exact) mass is 258 g/mol. The quantitative estimate of drug-likeness (QED) is 0.496. The molecule has 0 aliphatic heterocycles. The molecule has 0 aromatic rings. The van der Waals surface area contributed by atoms with Gasteiger partial charge < -0.3 is 9.47 Å². The molecule has 4 nitrogen and oxygen atoms in total. The van der Waals surface area contributed by atoms with Crippen LogP contribution in [0.5, 0.6) is 0 Å². The topological polar surface area (TPSA) is 52.6 Å². The molecule has 106 valence electrons. The van der Waals surface area contributed by atoms with Crippen molar-refractivity contribution >= 4 is 11.9 Å². The normalized spacial score (nSPS) is 14.1. The number of ether oxygens (including phenoxy) is 2. The van der Waals surface area contributed by atoms with Crippen LogP contribution in [0.4, 0.5) is 0 Å². The molecule has 0 N–H and O–H groups in total. The molecule has 0 fully saturated rings. The summed E-state index contributed by atoms with van der Waals surface area (Å²) >= 11 is 0. The SMILES string of the molecule is CCC[C@H](C)C[C@H](C)CC(C(=O)OC)C(=O)OC. The smallest absolute Gasteiger partial charge is 0.320 e. The molecule has 0 aliphatic rings. The average molecular weight is 258 g/mol. The van der Waals surface area contributed by atoms with Crippen molar-refractivity contribution in [3.8, 4) is 0 Å². The fourth-order valence-corrected chi connectivity index (χ4v) is 2.37. The second-order valence-electron chi connectivity index (χ2n) is 5.07. The minimum Gasteiger partial charge on any atom is -0.468 e. The van der Waals surface area contributed by atoms with Gasteiger partial charge in [-0.3, -0.25) is 9.59 Å². The molecule has 0 unspecified atom stereocenters. The van der Waals surface area contributed by atoms with Crippen LogP contribution in [0.1, 0.15) is 46.5 Å². The van der Waals surface area contributed by atoms with Crippen LogP contribution in [-0.2, 0) is 19.1 Å². The Morgan fingerprint density at radius 1 is 0.944 bits per heavy atom. The van der Waals surface area contributed by atoms with Gasteiger partial charge in [0.2, 0.25) is 0 Å². The van der Waals surface area contributed by atoms with Crippen LogP contribution in [0.2, 0.25) is 0 Å². The number of carbonyl (C=O) groups excluding carboxylic acids is 2. The van der Waals surface area contributed by atoms with Gasteiger partial charge in [0.05, 0.1) is 14.2 Å². The zero-order chi connectivity index (χ0) is 14.1. The van der Waals surface area contributed by atoms with Crippen molar-refractivity contribution in [2.24, 2.45) is 17.8 Å². The zero-order valence-corrected chi connectivity index (χ0v) is 12.2. The summed E-state index contributed by atoms with van der Waals surface area (Å²) in [7, 11) is 2.59. The van der Waals surface area contributed by atoms with Crippen molar-refractivity contribution in [2.45, 2.75) is 46.5 Å². The molecule has 18 heavy (non-hydrogen) atoms. The lowest BCUT2D eigenvalue weighted by Crippen LogP contribution is -2.28. The number of methoxy groups -OCH3 is 2. The molecule has 0 aromatic heterocycles. The molecule has 4 heteroatoms. The fraction of sp³-hybridized carbons (Fsp3) is 0.857. The maximum Gasteiger partial charge on any atom is 0.320 e. The summed E-state index contributed by atoms with van der Waals surface area (Å²) in [5.74, 6) is -0.881. The largest absolute Gasteiger partial charge is 0.468 e. The molecule has 0 aromatic carbocycles. The maximum atomic E-state index is 11.5. The second-order valence-corrected chi connectivity index (χ2v) is 5.07. The van der Waals surface area contributed by atoms with Crippen molar-refractivity contribution < 1.29 is 19.1 Å². The first-order valence-corrected chi connectivity index (χ1v) is 6.61. The van der Waals surface area contributed by atoms with E-state index in [2.05, 4.69) is 30.2 Å². The van der Waals surface area contributed by atoms with E-state index in [1.807, 2.05) is 0 Å². The van der Waals surface area contributed by atoms with E-state index in [1.54, 1.807) is 0 Å². The van der Waals surface area contributed by atoms with E-state index in [0.29, 0.717) is 18.3 Å². The molecule has 0 aliphatic carbocycles. The zero-order valence-electron chi connectivity index (χ0n) is 12.2. The minimum atomic E-state index is -0.788. The number of esters is 2. The summed E-state index contributed by atoms with van der Waals surface area (Å²) in [4.78, 5) is 23.1. The van der Waals surface area contributed by atoms with E-state index in [0.717, 1.165) is 12.8 Å². The summed E-state index contributed by atoms with van der Waals surface area (Å²) in [6.45, 7) is 6.42. The van der Waals surface area contributed by atoms with Crippen LogP contribution in [0.3, 0.4) is 0 Å². The predicted molar refractivity (Wildman–Crippen MR) is 70.0 cm³/mol. The standard InChI is InChI=1S/C14H26O4/c1-6-7-10(2)8-11(3)9-12(13(15)17-4)14(16)18-5/h10-12H,6-9H2,1-5H3/t10-,11-/m0/s1. The first-order chi connectivity index (χ1) is 8.46. The summed E-state index contributed by atoms with van der Waals surface area (Å²) < 4.78 is 9.30. The van der Waals surface area contributed by atoms with Crippen molar-refractivity contribution in [1.82, 2.24) is 0 Å². The van der Waals surface area contributed by atoms with Crippen molar-refractivity contribution in [2.75, 3.05) is 14.2 Å². The first-order valence-electron chi connectivity index (χ1n) is 6.61. The van der Waals surface area contributed by atoms with E-state index in [1.165, 1.54) is 20.6 Å². The van der Waals surface area contributed by atoms with Gasteiger partial charge in [-0.25, -0.2) is 0 Å². The average Bonchev–Trinajstić information content (AvgIpc) is 2.34. The molecule has 0 saturated heterocycles. The molecule has 0 rings (SSSR count). The van der Waals surface area contributed by atoms with Crippen LogP contribution < -0.4 is 0 Å². The van der Waals surface area contributed by atoms with Crippen LogP contribution in [-0.4, -0.2) is 26.2 Å². The highest BCUT2D eigenvalue weighted by Crippen LogP contribution is 2.23. The number of carbonyl (C=O) groups is 2. The Morgan fingerprint density at radius 2 is 1.44 bits per heavy atom. The van der Waals surface area contributed by atoms with E-state index in [-0.39, 0.29) is 0 Å². The Kier molecular flexibility index (Phi) is 8.42. The molecule has 0 saturated carbocycles. The third kappa shape index (κ3) is 6.03. The van der Waals surface area contributed by atoms with Crippen molar-refractivity contribution in [1.29, 1.82) is 0 Å². The first kappa shape index (κ1) is 16.9. The lowest BCUT2D eigenvalue weighted by Gasteiger charge is -2.20. The Labute approximate surface area is 110 Å². The van der Waals surface area contributed by atoms with Crippen LogP contribution in [0.25, 0.3) is 0 Å². The highest BCUT2D eigenvalue weighted by molar-refractivity contribution is 5.94. The van der Waals surface area contributed by atoms with Crippen molar-refractivity contribution in [3.05, 3.63) is 0 Å². The number of hydrogen-bond donors (Lipinski definition) is 0. The van der Waals surface area contributed by atoms with E-state index >= 15 is 0 Å². The summed E-state index contributed by atoms with van der Waals surface area (Å²) in [6, 6.07) is 0. The van der Waals surface area contributed by atoms with Crippen LogP contribution in [0, 0.1) is 17.8 Å². The van der Waals surface area contributed by atoms with E-state index < -0.39 is 17.9 Å². The molecule has 0 radical (unpaired) electrons. The van der Waals surface area contributed by atoms with Gasteiger partial charge >= 0.3 is 11.9 Å². The van der Waals surface area contributed by atoms with Crippen LogP contribution >= 0.6 is 0 Å². The molecular weight excluding hydrogens is 232 g/mol. The molecule has 2 atom stereocenters. The van der Waals surface area contributed by atoms with Gasteiger partial charge in [-0.15, -0.1) is 0 Å². The molecule has 0 spiro atoms. The van der Waals surface area contributed by atoms with Gasteiger partial charge in [0.25, 0.3) is 0 Å². The Bertz CT molecular complexity index is 247. The second kappa shape index (κ2) is 8.95. The lowest BCUT2D eigenvalue weighted by molar-refractivity contribution is -0.159. The number of hydrogen-bond acceptors (Lipinski definition) is 4. The third-order valence-electron chi connectivity index (χ3n) is 3.20. The highest BCUT2D eigenvalue weighted by atomic mass is 16.5. The third-order valence-corrected chi connectivity index (χ3v) is 3.20. The molecule has 0 bridgehead atoms. The molecular formula is C14H26O4. The maximum absolute atomic E-state index is 11.5. The summed E-state index contributed by atoms with van der Waals surface area (Å²) in [5.41, 5.74) is 0. The fourth-order valence-electron chi connectivity index (χ4n) is 2.37. The van der Waals surface area contributed by atoms with Gasteiger partial charge in [-0.1, -0.05) is 33.6 Å². The van der Waals surface area contributed by atoms with Crippen LogP contribution in [0.15, 0.2) is 0 Å². The Hall–Kier alpha value is -1.06. The Balaban J connectivity index is 4.39. The molecule has 0 amide bonds. The van der Waals surface area contributed by atoms with Gasteiger partial charge in [-0.2, -0.15) is 0 Å². The Morgan fingerprint density at radius 3 is 1.83 bits per heavy atom.